The Labute approximate surface area is 153 Å². The van der Waals surface area contributed by atoms with Gasteiger partial charge in [-0.05, 0) is 36.8 Å². The summed E-state index contributed by atoms with van der Waals surface area (Å²) >= 11 is 0. The van der Waals surface area contributed by atoms with Crippen LogP contribution < -0.4 is 19.7 Å². The van der Waals surface area contributed by atoms with Crippen molar-refractivity contribution in [3.05, 3.63) is 53.8 Å². The number of quaternary nitrogens is 1. The lowest BCUT2D eigenvalue weighted by Gasteiger charge is -2.21. The third-order valence-corrected chi connectivity index (χ3v) is 4.52. The summed E-state index contributed by atoms with van der Waals surface area (Å²) in [5, 5.41) is 2.65. The lowest BCUT2D eigenvalue weighted by Crippen LogP contribution is -3.14. The highest BCUT2D eigenvalue weighted by molar-refractivity contribution is 5.93. The SMILES string of the molecule is COc1ccc(CC[NH+](C)[C@H](C)C(=O)Nc2ccccc2F)cc1OC. The molecule has 2 rings (SSSR count). The van der Waals surface area contributed by atoms with Crippen LogP contribution in [0.3, 0.4) is 0 Å². The van der Waals surface area contributed by atoms with Crippen molar-refractivity contribution >= 4 is 11.6 Å². The number of rotatable bonds is 8. The van der Waals surface area contributed by atoms with Crippen molar-refractivity contribution in [3.8, 4) is 11.5 Å². The fourth-order valence-corrected chi connectivity index (χ4v) is 2.62. The van der Waals surface area contributed by atoms with Crippen LogP contribution in [0, 0.1) is 5.82 Å². The van der Waals surface area contributed by atoms with E-state index in [9.17, 15) is 9.18 Å². The van der Waals surface area contributed by atoms with Crippen LogP contribution in [0.4, 0.5) is 10.1 Å². The van der Waals surface area contributed by atoms with E-state index in [1.165, 1.54) is 6.07 Å². The highest BCUT2D eigenvalue weighted by Gasteiger charge is 2.22. The maximum absolute atomic E-state index is 13.7. The van der Waals surface area contributed by atoms with Gasteiger partial charge in [-0.25, -0.2) is 4.39 Å². The Bertz CT molecular complexity index is 752. The van der Waals surface area contributed by atoms with Crippen molar-refractivity contribution in [1.29, 1.82) is 0 Å². The van der Waals surface area contributed by atoms with E-state index >= 15 is 0 Å². The molecule has 0 heterocycles. The molecule has 0 saturated heterocycles. The van der Waals surface area contributed by atoms with Crippen LogP contribution in [0.1, 0.15) is 12.5 Å². The molecule has 0 radical (unpaired) electrons. The second-order valence-corrected chi connectivity index (χ2v) is 6.23. The van der Waals surface area contributed by atoms with Crippen LogP contribution in [0.15, 0.2) is 42.5 Å². The van der Waals surface area contributed by atoms with E-state index in [0.717, 1.165) is 23.4 Å². The molecule has 6 heteroatoms. The molecule has 0 aliphatic rings. The van der Waals surface area contributed by atoms with Gasteiger partial charge in [0.25, 0.3) is 5.91 Å². The van der Waals surface area contributed by atoms with E-state index in [0.29, 0.717) is 11.5 Å². The number of hydrogen-bond donors (Lipinski definition) is 2. The first-order valence-electron chi connectivity index (χ1n) is 8.55. The molecule has 26 heavy (non-hydrogen) atoms. The number of carbonyl (C=O) groups is 1. The minimum atomic E-state index is -0.434. The molecule has 1 unspecified atom stereocenters. The summed E-state index contributed by atoms with van der Waals surface area (Å²) in [6, 6.07) is 11.7. The second kappa shape index (κ2) is 9.20. The topological polar surface area (TPSA) is 52.0 Å². The van der Waals surface area contributed by atoms with Gasteiger partial charge in [-0.3, -0.25) is 4.79 Å². The molecule has 1 amide bonds. The summed E-state index contributed by atoms with van der Waals surface area (Å²) in [5.74, 6) is 0.735. The summed E-state index contributed by atoms with van der Waals surface area (Å²) in [5.41, 5.74) is 1.31. The Morgan fingerprint density at radius 3 is 2.50 bits per heavy atom. The minimum Gasteiger partial charge on any atom is -0.493 e. The van der Waals surface area contributed by atoms with Gasteiger partial charge in [0.1, 0.15) is 5.82 Å². The van der Waals surface area contributed by atoms with Gasteiger partial charge in [0.15, 0.2) is 17.5 Å². The first-order chi connectivity index (χ1) is 12.5. The molecule has 0 aromatic heterocycles. The van der Waals surface area contributed by atoms with Gasteiger partial charge in [0.2, 0.25) is 0 Å². The lowest BCUT2D eigenvalue weighted by atomic mass is 10.1. The maximum Gasteiger partial charge on any atom is 0.282 e. The van der Waals surface area contributed by atoms with Crippen molar-refractivity contribution in [2.75, 3.05) is 33.1 Å². The monoisotopic (exact) mass is 361 g/mol. The minimum absolute atomic E-state index is 0.206. The number of ether oxygens (including phenoxy) is 2. The largest absolute Gasteiger partial charge is 0.493 e. The first kappa shape index (κ1) is 19.7. The number of likely N-dealkylation sites (N-methyl/N-ethyl adjacent to an activating group) is 1. The van der Waals surface area contributed by atoms with Crippen molar-refractivity contribution in [1.82, 2.24) is 0 Å². The predicted molar refractivity (Wildman–Crippen MR) is 99.5 cm³/mol. The number of para-hydroxylation sites is 1. The Morgan fingerprint density at radius 2 is 1.85 bits per heavy atom. The van der Waals surface area contributed by atoms with E-state index in [1.54, 1.807) is 32.4 Å². The Kier molecular flexibility index (Phi) is 6.97. The smallest absolute Gasteiger partial charge is 0.282 e. The quantitative estimate of drug-likeness (QED) is 0.755. The summed E-state index contributed by atoms with van der Waals surface area (Å²) in [7, 11) is 5.16. The average molecular weight is 361 g/mol. The molecule has 0 aliphatic carbocycles. The van der Waals surface area contributed by atoms with Crippen LogP contribution in [0.2, 0.25) is 0 Å². The number of anilines is 1. The average Bonchev–Trinajstić information content (AvgIpc) is 2.66. The molecule has 0 saturated carbocycles. The van der Waals surface area contributed by atoms with Gasteiger partial charge in [0, 0.05) is 6.42 Å². The maximum atomic E-state index is 13.7. The van der Waals surface area contributed by atoms with Crippen molar-refractivity contribution < 1.29 is 23.6 Å². The molecular formula is C20H26FN2O3+. The summed E-state index contributed by atoms with van der Waals surface area (Å²) in [6.45, 7) is 2.58. The zero-order chi connectivity index (χ0) is 19.1. The molecular weight excluding hydrogens is 335 g/mol. The van der Waals surface area contributed by atoms with Crippen molar-refractivity contribution in [2.45, 2.75) is 19.4 Å². The Balaban J connectivity index is 1.93. The van der Waals surface area contributed by atoms with Gasteiger partial charge in [-0.15, -0.1) is 0 Å². The molecule has 0 spiro atoms. The van der Waals surface area contributed by atoms with Crippen LogP contribution in [-0.4, -0.2) is 39.8 Å². The number of halogens is 1. The van der Waals surface area contributed by atoms with Gasteiger partial charge >= 0.3 is 0 Å². The zero-order valence-electron chi connectivity index (χ0n) is 15.6. The molecule has 0 aliphatic heterocycles. The zero-order valence-corrected chi connectivity index (χ0v) is 15.6. The molecule has 140 valence electrons. The van der Waals surface area contributed by atoms with Gasteiger partial charge in [-0.2, -0.15) is 0 Å². The normalized spacial score (nSPS) is 13.0. The van der Waals surface area contributed by atoms with E-state index in [-0.39, 0.29) is 17.6 Å². The fourth-order valence-electron chi connectivity index (χ4n) is 2.62. The number of hydrogen-bond acceptors (Lipinski definition) is 3. The van der Waals surface area contributed by atoms with Crippen LogP contribution in [0.25, 0.3) is 0 Å². The molecule has 0 bridgehead atoms. The summed E-state index contributed by atoms with van der Waals surface area (Å²) < 4.78 is 24.2. The van der Waals surface area contributed by atoms with Gasteiger partial charge in [0.05, 0.1) is 33.5 Å². The van der Waals surface area contributed by atoms with Crippen LogP contribution in [-0.2, 0) is 11.2 Å². The molecule has 2 aromatic rings. The number of benzene rings is 2. The Hall–Kier alpha value is -2.60. The van der Waals surface area contributed by atoms with Crippen molar-refractivity contribution in [3.63, 3.8) is 0 Å². The third kappa shape index (κ3) is 4.95. The molecule has 5 nitrogen and oxygen atoms in total. The van der Waals surface area contributed by atoms with Crippen LogP contribution >= 0.6 is 0 Å². The van der Waals surface area contributed by atoms with Gasteiger partial charge in [-0.1, -0.05) is 18.2 Å². The molecule has 2 N–H and O–H groups in total. The number of carbonyl (C=O) groups excluding carboxylic acids is 1. The van der Waals surface area contributed by atoms with E-state index in [1.807, 2.05) is 32.2 Å². The highest BCUT2D eigenvalue weighted by Crippen LogP contribution is 2.27. The number of methoxy groups -OCH3 is 2. The molecule has 0 fully saturated rings. The van der Waals surface area contributed by atoms with Crippen LogP contribution in [0.5, 0.6) is 11.5 Å². The Morgan fingerprint density at radius 1 is 1.15 bits per heavy atom. The first-order valence-corrected chi connectivity index (χ1v) is 8.55. The van der Waals surface area contributed by atoms with E-state index in [2.05, 4.69) is 5.32 Å². The molecule has 2 aromatic carbocycles. The standard InChI is InChI=1S/C20H25FN2O3/c1-14(20(24)22-17-8-6-5-7-16(17)21)23(2)12-11-15-9-10-18(25-3)19(13-15)26-4/h5-10,13-14H,11-12H2,1-4H3,(H,22,24)/p+1/t14-/m1/s1. The third-order valence-electron chi connectivity index (χ3n) is 4.52. The number of amides is 1. The van der Waals surface area contributed by atoms with Crippen molar-refractivity contribution in [2.24, 2.45) is 0 Å². The fraction of sp³-hybridized carbons (Fsp3) is 0.350. The van der Waals surface area contributed by atoms with Gasteiger partial charge < -0.3 is 19.7 Å². The van der Waals surface area contributed by atoms with E-state index < -0.39 is 5.82 Å². The van der Waals surface area contributed by atoms with E-state index in [4.69, 9.17) is 9.47 Å². The summed E-state index contributed by atoms with van der Waals surface area (Å²) in [6.07, 6.45) is 0.781. The number of nitrogens with one attached hydrogen (secondary N) is 2. The predicted octanol–water partition coefficient (Wildman–Crippen LogP) is 1.93. The highest BCUT2D eigenvalue weighted by atomic mass is 19.1. The molecule has 2 atom stereocenters. The lowest BCUT2D eigenvalue weighted by molar-refractivity contribution is -0.893. The summed E-state index contributed by atoms with van der Waals surface area (Å²) in [4.78, 5) is 13.4. The second-order valence-electron chi connectivity index (χ2n) is 6.23.